The third-order valence-corrected chi connectivity index (χ3v) is 12.6. The monoisotopic (exact) mass is 1140 g/mol. The maximum Gasteiger partial charge on any atom is 0.326 e. The molecule has 0 aromatic rings. The molecule has 0 rings (SSSR count). The van der Waals surface area contributed by atoms with Crippen molar-refractivity contribution in [3.05, 3.63) is 0 Å². The zero-order chi connectivity index (χ0) is 56.6. The van der Waals surface area contributed by atoms with Gasteiger partial charge in [-0.05, 0) is 70.6 Å². The Bertz CT molecular complexity index is 1200. The maximum atomic E-state index is 12.3. The van der Waals surface area contributed by atoms with Crippen LogP contribution in [-0.2, 0) is 47.7 Å². The summed E-state index contributed by atoms with van der Waals surface area (Å²) in [6, 6.07) is -1.54. The lowest BCUT2D eigenvalue weighted by Gasteiger charge is -2.15. The van der Waals surface area contributed by atoms with Crippen molar-refractivity contribution in [3.8, 4) is 0 Å². The molecule has 18 nitrogen and oxygen atoms in total. The highest BCUT2D eigenvalue weighted by atomic mass is 33.1. The summed E-state index contributed by atoms with van der Waals surface area (Å²) in [5.41, 5.74) is 0. The van der Waals surface area contributed by atoms with Crippen molar-refractivity contribution < 1.29 is 63.0 Å². The van der Waals surface area contributed by atoms with Crippen LogP contribution in [0, 0.1) is 0 Å². The smallest absolute Gasteiger partial charge is 0.326 e. The van der Waals surface area contributed by atoms with Gasteiger partial charge in [-0.25, -0.2) is 4.79 Å². The molecule has 0 aliphatic rings. The van der Waals surface area contributed by atoms with Gasteiger partial charge < -0.3 is 55.5 Å². The van der Waals surface area contributed by atoms with E-state index >= 15 is 0 Å². The Morgan fingerprint density at radius 1 is 0.493 bits per heavy atom. The molecule has 0 saturated heterocycles. The Morgan fingerprint density at radius 3 is 1.37 bits per heavy atom. The van der Waals surface area contributed by atoms with Crippen molar-refractivity contribution >= 4 is 88.2 Å². The molecule has 0 heterocycles. The lowest BCUT2D eigenvalue weighted by Crippen LogP contribution is -2.41. The highest BCUT2D eigenvalue weighted by Crippen LogP contribution is 2.13. The molecular weight excluding hydrogens is 1040 g/mol. The first-order valence-electron chi connectivity index (χ1n) is 26.3. The normalized spacial score (nSPS) is 11.3. The van der Waals surface area contributed by atoms with Crippen molar-refractivity contribution in [1.29, 1.82) is 0 Å². The molecule has 8 N–H and O–H groups in total. The number of hydrogen-bond acceptors (Lipinski definition) is 16. The van der Waals surface area contributed by atoms with Gasteiger partial charge in [0.2, 0.25) is 17.7 Å². The Labute approximate surface area is 461 Å². The number of aliphatic carboxylic acids is 3. The molecule has 0 aliphatic carbocycles. The lowest BCUT2D eigenvalue weighted by molar-refractivity contribution is -0.142. The van der Waals surface area contributed by atoms with Gasteiger partial charge in [0.1, 0.15) is 18.7 Å². The number of unbranched alkanes of at least 4 members (excludes halogenated alkanes) is 11. The molecule has 0 aromatic heterocycles. The summed E-state index contributed by atoms with van der Waals surface area (Å²) in [7, 11) is 9.33. The topological polar surface area (TPSA) is 260 Å². The number of carboxylic acids is 3. The predicted molar refractivity (Wildman–Crippen MR) is 314 cm³/mol. The third kappa shape index (κ3) is 77.0. The molecule has 438 valence electrons. The minimum atomic E-state index is -1.19. The molecule has 0 radical (unpaired) electrons. The largest absolute Gasteiger partial charge is 0.481 e. The van der Waals surface area contributed by atoms with E-state index in [1.807, 2.05) is 34.6 Å². The van der Waals surface area contributed by atoms with Crippen LogP contribution in [0.1, 0.15) is 170 Å². The van der Waals surface area contributed by atoms with E-state index < -0.39 is 30.0 Å². The lowest BCUT2D eigenvalue weighted by atomic mass is 10.0. The molecule has 4 unspecified atom stereocenters. The van der Waals surface area contributed by atoms with Crippen LogP contribution in [0.2, 0.25) is 0 Å². The number of amides is 3. The van der Waals surface area contributed by atoms with E-state index in [2.05, 4.69) is 74.6 Å². The fraction of sp³-hybridized carbons (Fsp3) is 0.880. The summed E-state index contributed by atoms with van der Waals surface area (Å²) in [4.78, 5) is 69.4. The number of hydrogen-bond donors (Lipinski definition) is 8. The average molecular weight is 1140 g/mol. The number of rotatable bonds is 45. The van der Waals surface area contributed by atoms with E-state index in [9.17, 15) is 33.9 Å². The summed E-state index contributed by atoms with van der Waals surface area (Å²) < 4.78 is 21.7. The van der Waals surface area contributed by atoms with Crippen LogP contribution in [0.25, 0.3) is 0 Å². The summed E-state index contributed by atoms with van der Waals surface area (Å²) in [5.74, 6) is -3.77. The minimum Gasteiger partial charge on any atom is -0.481 e. The van der Waals surface area contributed by atoms with Gasteiger partial charge in [-0.15, -0.1) is 0 Å². The predicted octanol–water partition coefficient (Wildman–Crippen LogP) is 9.50. The van der Waals surface area contributed by atoms with E-state index in [0.29, 0.717) is 45.8 Å². The molecule has 0 spiro atoms. The SMILES string of the molecule is CC.CC.CC(COCCOCCNC(=O)COCCOCCNC(=O)CCC(NC(=O)CCCCCCCCCCCCC(=O)O)C(=O)O)NCCCCC(NP)C(=O)O.CCCC.CSSC.CSSC. The second kappa shape index (κ2) is 72.5. The quantitative estimate of drug-likeness (QED) is 0.0160. The molecular formula is C50H106N5O13PS4. The standard InChI is InChI=1S/C38H72N5O13P.C4H10.2C2H6S2.2C2H6/c1-30(39-19-13-12-14-32(43-57)38(51)52)28-55-26-24-54-23-21-41-35(46)29-56-27-25-53-22-20-40-33(44)18-17-31(37(49)50)42-34(45)15-10-8-6-4-2-3-5-7-9-11-16-36(47)48;3*1-3-4-2;2*1-2/h30-32,39,43H,2-29,57H2,1H3,(H,40,44)(H,41,46)(H,42,45)(H,47,48)(H,49,50)(H,51,52);3-4H2,1-2H3;2*1-2H3;2*1-2H3. The number of ether oxygens (including phenoxy) is 4. The first kappa shape index (κ1) is 82.7. The summed E-state index contributed by atoms with van der Waals surface area (Å²) in [5, 5.41) is 41.0. The van der Waals surface area contributed by atoms with E-state index in [0.717, 1.165) is 77.2 Å². The average Bonchev–Trinajstić information content (AvgIpc) is 3.39. The second-order valence-electron chi connectivity index (χ2n) is 15.6. The van der Waals surface area contributed by atoms with Gasteiger partial charge in [0, 0.05) is 38.4 Å². The van der Waals surface area contributed by atoms with Gasteiger partial charge in [-0.1, -0.05) is 165 Å². The number of carbonyl (C=O) groups is 6. The van der Waals surface area contributed by atoms with Gasteiger partial charge in [0.05, 0.1) is 46.2 Å². The van der Waals surface area contributed by atoms with Gasteiger partial charge in [0.15, 0.2) is 0 Å². The number of carbonyl (C=O) groups excluding carboxylic acids is 3. The van der Waals surface area contributed by atoms with Gasteiger partial charge >= 0.3 is 17.9 Å². The van der Waals surface area contributed by atoms with Crippen LogP contribution < -0.4 is 26.4 Å². The molecule has 0 bridgehead atoms. The van der Waals surface area contributed by atoms with Crippen LogP contribution in [0.4, 0.5) is 0 Å². The molecule has 4 atom stereocenters. The van der Waals surface area contributed by atoms with Crippen molar-refractivity contribution in [2.45, 2.75) is 189 Å². The Kier molecular flexibility index (Phi) is 82.2. The van der Waals surface area contributed by atoms with Gasteiger partial charge in [0.25, 0.3) is 0 Å². The fourth-order valence-corrected chi connectivity index (χ4v) is 5.77. The number of carboxylic acid groups (broad SMARTS) is 3. The van der Waals surface area contributed by atoms with Gasteiger partial charge in [-0.2, -0.15) is 0 Å². The highest BCUT2D eigenvalue weighted by molar-refractivity contribution is 8.76. The van der Waals surface area contributed by atoms with Gasteiger partial charge in [-0.3, -0.25) is 29.1 Å². The molecule has 0 aliphatic heterocycles. The summed E-state index contributed by atoms with van der Waals surface area (Å²) in [6.07, 6.45) is 23.1. The van der Waals surface area contributed by atoms with E-state index in [1.165, 1.54) is 12.8 Å². The van der Waals surface area contributed by atoms with Crippen molar-refractivity contribution in [3.63, 3.8) is 0 Å². The van der Waals surface area contributed by atoms with Crippen LogP contribution in [-0.4, -0.2) is 167 Å². The van der Waals surface area contributed by atoms with E-state index in [1.54, 1.807) is 43.2 Å². The highest BCUT2D eigenvalue weighted by Gasteiger charge is 2.21. The van der Waals surface area contributed by atoms with E-state index in [4.69, 9.17) is 29.2 Å². The van der Waals surface area contributed by atoms with Crippen molar-refractivity contribution in [2.75, 3.05) is 97.5 Å². The Morgan fingerprint density at radius 2 is 0.932 bits per heavy atom. The molecule has 23 heteroatoms. The zero-order valence-corrected chi connectivity index (χ0v) is 51.5. The van der Waals surface area contributed by atoms with Crippen LogP contribution in [0.3, 0.4) is 0 Å². The molecule has 73 heavy (non-hydrogen) atoms. The molecule has 0 fully saturated rings. The van der Waals surface area contributed by atoms with Crippen LogP contribution in [0.5, 0.6) is 0 Å². The second-order valence-corrected chi connectivity index (χ2v) is 21.2. The van der Waals surface area contributed by atoms with Crippen LogP contribution in [0.15, 0.2) is 0 Å². The first-order valence-corrected chi connectivity index (χ1v) is 32.9. The van der Waals surface area contributed by atoms with E-state index in [-0.39, 0.29) is 82.4 Å². The van der Waals surface area contributed by atoms with Crippen LogP contribution >= 0.6 is 52.6 Å². The molecule has 3 amide bonds. The zero-order valence-electron chi connectivity index (χ0n) is 47.1. The fourth-order valence-electron chi connectivity index (χ4n) is 5.46. The number of nitrogens with one attached hydrogen (secondary N) is 5. The summed E-state index contributed by atoms with van der Waals surface area (Å²) in [6.45, 7) is 17.8. The minimum absolute atomic E-state index is 0.0302. The Balaban J connectivity index is -0.000000613. The maximum absolute atomic E-state index is 12.3. The Hall–Kier alpha value is -1.59. The first-order chi connectivity index (χ1) is 35.2. The van der Waals surface area contributed by atoms with Crippen molar-refractivity contribution in [2.24, 2.45) is 0 Å². The third-order valence-electron chi connectivity index (χ3n) is 9.57. The van der Waals surface area contributed by atoms with Crippen molar-refractivity contribution in [1.82, 2.24) is 26.4 Å². The summed E-state index contributed by atoms with van der Waals surface area (Å²) >= 11 is 0. The molecule has 0 saturated carbocycles. The molecule has 0 aromatic carbocycles.